The highest BCUT2D eigenvalue weighted by Crippen LogP contribution is 2.35. The van der Waals surface area contributed by atoms with Gasteiger partial charge in [0.1, 0.15) is 17.1 Å². The maximum Gasteiger partial charge on any atom is 0.231 e. The van der Waals surface area contributed by atoms with Crippen LogP contribution in [-0.2, 0) is 4.74 Å². The second-order valence-corrected chi connectivity index (χ2v) is 9.95. The summed E-state index contributed by atoms with van der Waals surface area (Å²) in [4.78, 5) is 14.4. The van der Waals surface area contributed by atoms with E-state index in [2.05, 4.69) is 83.8 Å². The minimum atomic E-state index is 0.386. The third kappa shape index (κ3) is 5.81. The molecule has 2 N–H and O–H groups in total. The van der Waals surface area contributed by atoms with E-state index in [1.807, 2.05) is 7.05 Å². The summed E-state index contributed by atoms with van der Waals surface area (Å²) in [6.45, 7) is 9.27. The SMILES string of the molecule is CC/C=C(\C=C(/NC)Nc1nc(N2CCOCC2)c2oc(C3CCN(C)C3)cc2n1)c1cccc(C)c1. The van der Waals surface area contributed by atoms with Gasteiger partial charge >= 0.3 is 0 Å². The number of hydrogen-bond donors (Lipinski definition) is 2. The number of morpholine rings is 1. The molecule has 0 bridgehead atoms. The van der Waals surface area contributed by atoms with Crippen molar-refractivity contribution in [1.82, 2.24) is 20.2 Å². The van der Waals surface area contributed by atoms with Crippen molar-refractivity contribution < 1.29 is 9.15 Å². The van der Waals surface area contributed by atoms with Gasteiger partial charge in [-0.1, -0.05) is 42.8 Å². The summed E-state index contributed by atoms with van der Waals surface area (Å²) in [7, 11) is 4.07. The van der Waals surface area contributed by atoms with E-state index >= 15 is 0 Å². The van der Waals surface area contributed by atoms with E-state index in [0.717, 1.165) is 73.1 Å². The van der Waals surface area contributed by atoms with Crippen molar-refractivity contribution in [3.63, 3.8) is 0 Å². The molecule has 1 unspecified atom stereocenters. The second kappa shape index (κ2) is 11.4. The molecule has 196 valence electrons. The van der Waals surface area contributed by atoms with Crippen LogP contribution in [0, 0.1) is 6.92 Å². The number of aromatic nitrogens is 2. The molecule has 2 aliphatic rings. The first-order chi connectivity index (χ1) is 18.0. The van der Waals surface area contributed by atoms with Gasteiger partial charge in [-0.3, -0.25) is 0 Å². The first-order valence-electron chi connectivity index (χ1n) is 13.3. The molecule has 5 rings (SSSR count). The highest BCUT2D eigenvalue weighted by Gasteiger charge is 2.27. The summed E-state index contributed by atoms with van der Waals surface area (Å²) in [5.41, 5.74) is 5.16. The average molecular weight is 503 g/mol. The molecule has 0 aliphatic carbocycles. The number of furan rings is 1. The van der Waals surface area contributed by atoms with Gasteiger partial charge < -0.3 is 29.6 Å². The highest BCUT2D eigenvalue weighted by atomic mass is 16.5. The van der Waals surface area contributed by atoms with Gasteiger partial charge in [-0.25, -0.2) is 4.98 Å². The molecule has 0 radical (unpaired) electrons. The summed E-state index contributed by atoms with van der Waals surface area (Å²) >= 11 is 0. The highest BCUT2D eigenvalue weighted by molar-refractivity contribution is 5.86. The third-order valence-electron chi connectivity index (χ3n) is 7.07. The quantitative estimate of drug-likeness (QED) is 0.427. The van der Waals surface area contributed by atoms with Crippen LogP contribution in [0.4, 0.5) is 11.8 Å². The van der Waals surface area contributed by atoms with Crippen molar-refractivity contribution >= 4 is 28.4 Å². The number of ether oxygens (including phenoxy) is 1. The predicted molar refractivity (Wildman–Crippen MR) is 150 cm³/mol. The smallest absolute Gasteiger partial charge is 0.231 e. The predicted octanol–water partition coefficient (Wildman–Crippen LogP) is 4.75. The number of likely N-dealkylation sites (N-methyl/N-ethyl adjacent to an activating group) is 1. The molecule has 1 aromatic carbocycles. The Morgan fingerprint density at radius 2 is 2.00 bits per heavy atom. The molecular formula is C29H38N6O2. The number of nitrogens with one attached hydrogen (secondary N) is 2. The number of aryl methyl sites for hydroxylation is 1. The molecule has 0 amide bonds. The Kier molecular flexibility index (Phi) is 7.76. The standard InChI is InChI=1S/C29H38N6O2/c1-5-7-21(22-9-6-8-20(2)16-22)17-26(30-3)32-29-31-24-18-25(23-10-11-34(4)19-23)37-27(24)28(33-29)35-12-14-36-15-13-35/h6-9,16-18,23,30H,5,10-15,19H2,1-4H3,(H,31,32,33)/b21-7+,26-17+. The van der Waals surface area contributed by atoms with E-state index in [-0.39, 0.29) is 0 Å². The third-order valence-corrected chi connectivity index (χ3v) is 7.07. The second-order valence-electron chi connectivity index (χ2n) is 9.95. The van der Waals surface area contributed by atoms with Crippen LogP contribution in [-0.4, -0.2) is 68.4 Å². The Balaban J connectivity index is 1.50. The molecule has 37 heavy (non-hydrogen) atoms. The maximum absolute atomic E-state index is 6.44. The Morgan fingerprint density at radius 1 is 1.16 bits per heavy atom. The fourth-order valence-corrected chi connectivity index (χ4v) is 5.10. The number of nitrogens with zero attached hydrogens (tertiary/aromatic N) is 4. The number of anilines is 2. The van der Waals surface area contributed by atoms with Crippen LogP contribution < -0.4 is 15.5 Å². The zero-order valence-electron chi connectivity index (χ0n) is 22.4. The normalized spacial score (nSPS) is 19.6. The van der Waals surface area contributed by atoms with E-state index in [1.165, 1.54) is 11.1 Å². The Bertz CT molecular complexity index is 1290. The Morgan fingerprint density at radius 3 is 2.70 bits per heavy atom. The summed E-state index contributed by atoms with van der Waals surface area (Å²) in [6, 6.07) is 10.7. The minimum absolute atomic E-state index is 0.386. The van der Waals surface area contributed by atoms with Crippen LogP contribution in [0.3, 0.4) is 0 Å². The molecular weight excluding hydrogens is 464 g/mol. The van der Waals surface area contributed by atoms with Crippen LogP contribution in [0.2, 0.25) is 0 Å². The number of rotatable bonds is 8. The van der Waals surface area contributed by atoms with Crippen LogP contribution in [0.5, 0.6) is 0 Å². The van der Waals surface area contributed by atoms with Gasteiger partial charge in [0.05, 0.1) is 13.2 Å². The molecule has 2 aliphatic heterocycles. The lowest BCUT2D eigenvalue weighted by molar-refractivity contribution is 0.122. The van der Waals surface area contributed by atoms with Crippen LogP contribution in [0.15, 0.2) is 52.7 Å². The molecule has 3 aromatic rings. The van der Waals surface area contributed by atoms with Crippen molar-refractivity contribution in [2.24, 2.45) is 0 Å². The van der Waals surface area contributed by atoms with Gasteiger partial charge in [-0.05, 0) is 50.6 Å². The Labute approximate surface area is 219 Å². The molecule has 2 fully saturated rings. The number of fused-ring (bicyclic) bond motifs is 1. The minimum Gasteiger partial charge on any atom is -0.455 e. The van der Waals surface area contributed by atoms with Gasteiger partial charge in [-0.15, -0.1) is 0 Å². The van der Waals surface area contributed by atoms with Crippen molar-refractivity contribution in [1.29, 1.82) is 0 Å². The molecule has 0 saturated carbocycles. The number of likely N-dealkylation sites (tertiary alicyclic amines) is 1. The van der Waals surface area contributed by atoms with Crippen molar-refractivity contribution in [2.45, 2.75) is 32.6 Å². The molecule has 4 heterocycles. The lowest BCUT2D eigenvalue weighted by atomic mass is 10.0. The topological polar surface area (TPSA) is 78.7 Å². The molecule has 8 heteroatoms. The first-order valence-corrected chi connectivity index (χ1v) is 13.3. The molecule has 2 saturated heterocycles. The van der Waals surface area contributed by atoms with Gasteiger partial charge in [0, 0.05) is 38.7 Å². The van der Waals surface area contributed by atoms with Crippen molar-refractivity contribution in [3.05, 3.63) is 65.2 Å². The van der Waals surface area contributed by atoms with E-state index < -0.39 is 0 Å². The van der Waals surface area contributed by atoms with Gasteiger partial charge in [0.15, 0.2) is 11.4 Å². The molecule has 8 nitrogen and oxygen atoms in total. The lowest BCUT2D eigenvalue weighted by Crippen LogP contribution is -2.37. The summed E-state index contributed by atoms with van der Waals surface area (Å²) in [5.74, 6) is 3.58. The van der Waals surface area contributed by atoms with E-state index in [0.29, 0.717) is 25.1 Å². The molecule has 0 spiro atoms. The van der Waals surface area contributed by atoms with Crippen LogP contribution in [0.25, 0.3) is 16.7 Å². The molecule has 2 aromatic heterocycles. The Hall–Kier alpha value is -3.36. The lowest BCUT2D eigenvalue weighted by Gasteiger charge is -2.28. The summed E-state index contributed by atoms with van der Waals surface area (Å²) in [5, 5.41) is 6.73. The van der Waals surface area contributed by atoms with Gasteiger partial charge in [0.2, 0.25) is 5.95 Å². The fourth-order valence-electron chi connectivity index (χ4n) is 5.10. The van der Waals surface area contributed by atoms with E-state index in [1.54, 1.807) is 0 Å². The zero-order valence-corrected chi connectivity index (χ0v) is 22.4. The maximum atomic E-state index is 6.44. The average Bonchev–Trinajstić information content (AvgIpc) is 3.54. The van der Waals surface area contributed by atoms with Crippen molar-refractivity contribution in [3.8, 4) is 0 Å². The largest absolute Gasteiger partial charge is 0.455 e. The van der Waals surface area contributed by atoms with Gasteiger partial charge in [-0.2, -0.15) is 4.98 Å². The first kappa shape index (κ1) is 25.3. The van der Waals surface area contributed by atoms with Crippen LogP contribution >= 0.6 is 0 Å². The summed E-state index contributed by atoms with van der Waals surface area (Å²) < 4.78 is 12.0. The van der Waals surface area contributed by atoms with E-state index in [4.69, 9.17) is 19.1 Å². The van der Waals surface area contributed by atoms with Crippen molar-refractivity contribution in [2.75, 3.05) is 63.7 Å². The molecule has 1 atom stereocenters. The number of hydrogen-bond acceptors (Lipinski definition) is 8. The summed E-state index contributed by atoms with van der Waals surface area (Å²) in [6.07, 6.45) is 6.39. The zero-order chi connectivity index (χ0) is 25.8. The fraction of sp³-hybridized carbons (Fsp3) is 0.448. The monoisotopic (exact) mass is 502 g/mol. The number of benzene rings is 1. The number of allylic oxidation sites excluding steroid dienone is 3. The van der Waals surface area contributed by atoms with Crippen LogP contribution in [0.1, 0.15) is 42.6 Å². The van der Waals surface area contributed by atoms with Gasteiger partial charge in [0.25, 0.3) is 0 Å². The van der Waals surface area contributed by atoms with E-state index in [9.17, 15) is 0 Å².